The Labute approximate surface area is 75.8 Å². The van der Waals surface area contributed by atoms with Gasteiger partial charge in [0.25, 0.3) is 0 Å². The Hall–Kier alpha value is -1.78. The SMILES string of the molecule is Cc1ccoc1/C=N/N(C)C(N)=O. The minimum atomic E-state index is -0.611. The zero-order valence-corrected chi connectivity index (χ0v) is 7.52. The third-order valence-corrected chi connectivity index (χ3v) is 1.57. The Bertz CT molecular complexity index is 330. The van der Waals surface area contributed by atoms with Gasteiger partial charge in [-0.25, -0.2) is 9.80 Å². The molecule has 0 bridgehead atoms. The predicted octanol–water partition coefficient (Wildman–Crippen LogP) is 0.932. The molecule has 13 heavy (non-hydrogen) atoms. The van der Waals surface area contributed by atoms with E-state index in [0.717, 1.165) is 10.6 Å². The lowest BCUT2D eigenvalue weighted by Crippen LogP contribution is -2.27. The standard InChI is InChI=1S/C8H11N3O2/c1-6-3-4-13-7(6)5-10-11(2)8(9)12/h3-5H,1-2H3,(H2,9,12)/b10-5+. The minimum Gasteiger partial charge on any atom is -0.463 e. The van der Waals surface area contributed by atoms with Crippen molar-refractivity contribution in [3.63, 3.8) is 0 Å². The monoisotopic (exact) mass is 181 g/mol. The van der Waals surface area contributed by atoms with E-state index >= 15 is 0 Å². The van der Waals surface area contributed by atoms with Gasteiger partial charge >= 0.3 is 6.03 Å². The summed E-state index contributed by atoms with van der Waals surface area (Å²) in [5, 5.41) is 4.80. The van der Waals surface area contributed by atoms with Crippen LogP contribution >= 0.6 is 0 Å². The molecule has 0 atom stereocenters. The smallest absolute Gasteiger partial charge is 0.334 e. The van der Waals surface area contributed by atoms with Crippen LogP contribution in [0.15, 0.2) is 21.8 Å². The third-order valence-electron chi connectivity index (χ3n) is 1.57. The van der Waals surface area contributed by atoms with Crippen molar-refractivity contribution in [3.8, 4) is 0 Å². The van der Waals surface area contributed by atoms with Crippen molar-refractivity contribution >= 4 is 12.2 Å². The van der Waals surface area contributed by atoms with Crippen LogP contribution in [0.3, 0.4) is 0 Å². The summed E-state index contributed by atoms with van der Waals surface area (Å²) >= 11 is 0. The van der Waals surface area contributed by atoms with E-state index in [1.54, 1.807) is 6.26 Å². The summed E-state index contributed by atoms with van der Waals surface area (Å²) in [5.41, 5.74) is 5.92. The molecule has 1 rings (SSSR count). The molecule has 0 aliphatic rings. The van der Waals surface area contributed by atoms with E-state index in [0.29, 0.717) is 5.76 Å². The molecule has 5 heteroatoms. The van der Waals surface area contributed by atoms with Crippen molar-refractivity contribution in [2.45, 2.75) is 6.92 Å². The normalized spacial score (nSPS) is 10.6. The van der Waals surface area contributed by atoms with Crippen LogP contribution < -0.4 is 5.73 Å². The highest BCUT2D eigenvalue weighted by Crippen LogP contribution is 2.05. The van der Waals surface area contributed by atoms with Gasteiger partial charge in [-0.2, -0.15) is 5.10 Å². The number of carbonyl (C=O) groups excluding carboxylic acids is 1. The zero-order valence-electron chi connectivity index (χ0n) is 7.52. The van der Waals surface area contributed by atoms with Crippen LogP contribution in [0.4, 0.5) is 4.79 Å². The van der Waals surface area contributed by atoms with E-state index in [1.807, 2.05) is 13.0 Å². The molecule has 0 spiro atoms. The molecule has 0 aliphatic heterocycles. The number of hydrogen-bond acceptors (Lipinski definition) is 3. The average Bonchev–Trinajstić information content (AvgIpc) is 2.47. The zero-order chi connectivity index (χ0) is 9.84. The van der Waals surface area contributed by atoms with Crippen LogP contribution in [0.1, 0.15) is 11.3 Å². The van der Waals surface area contributed by atoms with Crippen LogP contribution in [-0.4, -0.2) is 24.3 Å². The van der Waals surface area contributed by atoms with Crippen LogP contribution in [0.2, 0.25) is 0 Å². The third kappa shape index (κ3) is 2.33. The summed E-state index contributed by atoms with van der Waals surface area (Å²) in [6.45, 7) is 1.88. The van der Waals surface area contributed by atoms with Crippen LogP contribution in [0.5, 0.6) is 0 Å². The molecular formula is C8H11N3O2. The Morgan fingerprint density at radius 2 is 2.46 bits per heavy atom. The maximum absolute atomic E-state index is 10.5. The van der Waals surface area contributed by atoms with Crippen molar-refractivity contribution in [2.24, 2.45) is 10.8 Å². The lowest BCUT2D eigenvalue weighted by molar-refractivity contribution is 0.220. The molecule has 0 fully saturated rings. The van der Waals surface area contributed by atoms with E-state index in [1.165, 1.54) is 13.3 Å². The molecule has 0 radical (unpaired) electrons. The van der Waals surface area contributed by atoms with E-state index < -0.39 is 6.03 Å². The summed E-state index contributed by atoms with van der Waals surface area (Å²) in [6.07, 6.45) is 3.00. The molecule has 1 aromatic rings. The number of hydrogen-bond donors (Lipinski definition) is 1. The van der Waals surface area contributed by atoms with Gasteiger partial charge in [0, 0.05) is 7.05 Å². The number of amides is 2. The van der Waals surface area contributed by atoms with Crippen molar-refractivity contribution < 1.29 is 9.21 Å². The fourth-order valence-electron chi connectivity index (χ4n) is 0.713. The first kappa shape index (κ1) is 9.31. The van der Waals surface area contributed by atoms with Gasteiger partial charge in [0.2, 0.25) is 0 Å². The van der Waals surface area contributed by atoms with E-state index in [4.69, 9.17) is 10.2 Å². The summed E-state index contributed by atoms with van der Waals surface area (Å²) in [5.74, 6) is 0.619. The van der Waals surface area contributed by atoms with Crippen LogP contribution in [0, 0.1) is 6.92 Å². The first-order valence-electron chi connectivity index (χ1n) is 3.72. The number of aryl methyl sites for hydroxylation is 1. The largest absolute Gasteiger partial charge is 0.463 e. The second-order valence-electron chi connectivity index (χ2n) is 2.57. The Morgan fingerprint density at radius 1 is 1.77 bits per heavy atom. The Kier molecular flexibility index (Phi) is 2.69. The minimum absolute atomic E-state index is 0.611. The number of hydrazone groups is 1. The van der Waals surface area contributed by atoms with E-state index in [9.17, 15) is 4.79 Å². The quantitative estimate of drug-likeness (QED) is 0.544. The summed E-state index contributed by atoms with van der Waals surface area (Å²) in [7, 11) is 1.47. The summed E-state index contributed by atoms with van der Waals surface area (Å²) < 4.78 is 5.07. The van der Waals surface area contributed by atoms with Gasteiger partial charge in [-0.3, -0.25) is 0 Å². The van der Waals surface area contributed by atoms with Gasteiger partial charge in [-0.05, 0) is 18.6 Å². The summed E-state index contributed by atoms with van der Waals surface area (Å²) in [4.78, 5) is 10.5. The Morgan fingerprint density at radius 3 is 2.92 bits per heavy atom. The van der Waals surface area contributed by atoms with Crippen LogP contribution in [0.25, 0.3) is 0 Å². The van der Waals surface area contributed by atoms with Crippen molar-refractivity contribution in [1.29, 1.82) is 0 Å². The van der Waals surface area contributed by atoms with Crippen molar-refractivity contribution in [1.82, 2.24) is 5.01 Å². The van der Waals surface area contributed by atoms with Crippen LogP contribution in [-0.2, 0) is 0 Å². The van der Waals surface area contributed by atoms with Crippen molar-refractivity contribution in [2.75, 3.05) is 7.05 Å². The second kappa shape index (κ2) is 3.75. The fraction of sp³-hybridized carbons (Fsp3) is 0.250. The maximum atomic E-state index is 10.5. The molecular weight excluding hydrogens is 170 g/mol. The second-order valence-corrected chi connectivity index (χ2v) is 2.57. The molecule has 0 aliphatic carbocycles. The Balaban J connectivity index is 2.69. The first-order valence-corrected chi connectivity index (χ1v) is 3.72. The number of urea groups is 1. The number of nitrogens with two attached hydrogens (primary N) is 1. The van der Waals surface area contributed by atoms with E-state index in [2.05, 4.69) is 5.10 Å². The number of primary amides is 1. The molecule has 1 heterocycles. The maximum Gasteiger partial charge on any atom is 0.334 e. The molecule has 5 nitrogen and oxygen atoms in total. The van der Waals surface area contributed by atoms with Gasteiger partial charge in [0.1, 0.15) is 5.76 Å². The molecule has 2 amide bonds. The molecule has 70 valence electrons. The fourth-order valence-corrected chi connectivity index (χ4v) is 0.713. The molecule has 2 N–H and O–H groups in total. The molecule has 1 aromatic heterocycles. The lowest BCUT2D eigenvalue weighted by Gasteiger charge is -2.04. The van der Waals surface area contributed by atoms with E-state index in [-0.39, 0.29) is 0 Å². The first-order chi connectivity index (χ1) is 6.11. The summed E-state index contributed by atoms with van der Waals surface area (Å²) in [6, 6.07) is 1.20. The van der Waals surface area contributed by atoms with Gasteiger partial charge in [-0.15, -0.1) is 0 Å². The topological polar surface area (TPSA) is 71.8 Å². The highest BCUT2D eigenvalue weighted by Gasteiger charge is 2.00. The number of rotatable bonds is 2. The van der Waals surface area contributed by atoms with Gasteiger partial charge < -0.3 is 10.2 Å². The van der Waals surface area contributed by atoms with Gasteiger partial charge in [-0.1, -0.05) is 0 Å². The number of nitrogens with zero attached hydrogens (tertiary/aromatic N) is 2. The number of furan rings is 1. The average molecular weight is 181 g/mol. The highest BCUT2D eigenvalue weighted by atomic mass is 16.3. The molecule has 0 saturated carbocycles. The lowest BCUT2D eigenvalue weighted by atomic mass is 10.3. The van der Waals surface area contributed by atoms with Gasteiger partial charge in [0.05, 0.1) is 12.5 Å². The van der Waals surface area contributed by atoms with Gasteiger partial charge in [0.15, 0.2) is 0 Å². The highest BCUT2D eigenvalue weighted by molar-refractivity contribution is 5.79. The molecule has 0 unspecified atom stereocenters. The number of carbonyl (C=O) groups is 1. The molecule has 0 aromatic carbocycles. The van der Waals surface area contributed by atoms with Crippen molar-refractivity contribution in [3.05, 3.63) is 23.7 Å². The molecule has 0 saturated heterocycles. The predicted molar refractivity (Wildman–Crippen MR) is 48.4 cm³/mol.